The van der Waals surface area contributed by atoms with Crippen molar-refractivity contribution in [3.8, 4) is 0 Å². The molecule has 2 aromatic rings. The van der Waals surface area contributed by atoms with Crippen molar-refractivity contribution in [2.75, 3.05) is 21.3 Å². The molecule has 6 heteroatoms. The maximum Gasteiger partial charge on any atom is 0.347 e. The van der Waals surface area contributed by atoms with Gasteiger partial charge in [-0.3, -0.25) is 9.36 Å². The number of rotatable bonds is 11. The second-order valence-electron chi connectivity index (χ2n) is 8.14. The Labute approximate surface area is 186 Å². The van der Waals surface area contributed by atoms with Crippen LogP contribution in [0.5, 0.6) is 0 Å². The van der Waals surface area contributed by atoms with Gasteiger partial charge < -0.3 is 13.8 Å². The Morgan fingerprint density at radius 3 is 1.71 bits per heavy atom. The highest BCUT2D eigenvalue weighted by atomic mass is 31.2. The molecular weight excluding hydrogens is 411 g/mol. The van der Waals surface area contributed by atoms with E-state index in [4.69, 9.17) is 13.8 Å². The first-order chi connectivity index (χ1) is 14.8. The quantitative estimate of drug-likeness (QED) is 0.303. The molecule has 0 fully saturated rings. The predicted octanol–water partition coefficient (Wildman–Crippen LogP) is 6.22. The van der Waals surface area contributed by atoms with Crippen molar-refractivity contribution < 1.29 is 23.1 Å². The van der Waals surface area contributed by atoms with Crippen LogP contribution < -0.4 is 0 Å². The number of carbonyl (C=O) groups excluding carboxylic acids is 1. The Balaban J connectivity index is 2.68. The summed E-state index contributed by atoms with van der Waals surface area (Å²) in [6.45, 7) is 6.01. The van der Waals surface area contributed by atoms with Crippen LogP contribution in [0.2, 0.25) is 0 Å². The molecule has 0 aliphatic carbocycles. The Bertz CT molecular complexity index is 836. The fourth-order valence-electron chi connectivity index (χ4n) is 4.58. The van der Waals surface area contributed by atoms with E-state index in [9.17, 15) is 9.36 Å². The molecule has 0 spiro atoms. The number of benzene rings is 2. The number of ether oxygens (including phenoxy) is 1. The molecule has 2 unspecified atom stereocenters. The maximum atomic E-state index is 13.5. The number of carbonyl (C=O) groups is 1. The third kappa shape index (κ3) is 4.64. The molecule has 0 saturated heterocycles. The third-order valence-corrected chi connectivity index (χ3v) is 9.32. The van der Waals surface area contributed by atoms with Crippen molar-refractivity contribution in [1.29, 1.82) is 0 Å². The van der Waals surface area contributed by atoms with Crippen molar-refractivity contribution in [3.63, 3.8) is 0 Å². The van der Waals surface area contributed by atoms with Gasteiger partial charge in [0.2, 0.25) is 0 Å². The van der Waals surface area contributed by atoms with Gasteiger partial charge in [0.05, 0.1) is 7.11 Å². The molecule has 0 aliphatic rings. The standard InChI is InChI=1S/C25H35O5P/c1-7-20(2)25(21-14-10-8-11-15-21,22-16-12-9-13-17-22)19-18-24(3,23(26)28-4)31(27,29-5)30-6/h8-17,20H,7,18-19H2,1-6H3. The fourth-order valence-corrected chi connectivity index (χ4v) is 6.23. The molecule has 2 aromatic carbocycles. The van der Waals surface area contributed by atoms with Gasteiger partial charge in [0, 0.05) is 19.6 Å². The number of esters is 1. The summed E-state index contributed by atoms with van der Waals surface area (Å²) in [6, 6.07) is 20.6. The van der Waals surface area contributed by atoms with Crippen LogP contribution in [0, 0.1) is 5.92 Å². The highest BCUT2D eigenvalue weighted by Crippen LogP contribution is 2.62. The molecule has 31 heavy (non-hydrogen) atoms. The minimum absolute atomic E-state index is 0.253. The van der Waals surface area contributed by atoms with Gasteiger partial charge >= 0.3 is 13.6 Å². The topological polar surface area (TPSA) is 61.8 Å². The SMILES string of the molecule is CCC(C)C(CCC(C)(C(=O)OC)P(=O)(OC)OC)(c1ccccc1)c1ccccc1. The Hall–Kier alpha value is -1.94. The maximum absolute atomic E-state index is 13.5. The molecule has 0 heterocycles. The summed E-state index contributed by atoms with van der Waals surface area (Å²) in [5, 5.41) is -1.44. The predicted molar refractivity (Wildman–Crippen MR) is 124 cm³/mol. The van der Waals surface area contributed by atoms with Gasteiger partial charge in [0.15, 0.2) is 5.16 Å². The van der Waals surface area contributed by atoms with Crippen LogP contribution in [-0.4, -0.2) is 32.5 Å². The highest BCUT2D eigenvalue weighted by Gasteiger charge is 2.55. The van der Waals surface area contributed by atoms with Crippen LogP contribution in [0.3, 0.4) is 0 Å². The van der Waals surface area contributed by atoms with Gasteiger partial charge in [0.25, 0.3) is 0 Å². The van der Waals surface area contributed by atoms with Gasteiger partial charge in [-0.15, -0.1) is 0 Å². The summed E-state index contributed by atoms with van der Waals surface area (Å²) < 4.78 is 29.1. The summed E-state index contributed by atoms with van der Waals surface area (Å²) in [7, 11) is 0.155. The molecule has 0 N–H and O–H groups in total. The zero-order chi connectivity index (χ0) is 23.1. The summed E-state index contributed by atoms with van der Waals surface area (Å²) >= 11 is 0. The first-order valence-corrected chi connectivity index (χ1v) is 12.2. The molecule has 170 valence electrons. The van der Waals surface area contributed by atoms with E-state index in [0.29, 0.717) is 6.42 Å². The first kappa shape index (κ1) is 25.3. The second-order valence-corrected chi connectivity index (χ2v) is 10.9. The zero-order valence-corrected chi connectivity index (χ0v) is 20.4. The Morgan fingerprint density at radius 2 is 1.35 bits per heavy atom. The Kier molecular flexibility index (Phi) is 8.65. The molecule has 2 rings (SSSR count). The van der Waals surface area contributed by atoms with Gasteiger partial charge in [-0.2, -0.15) is 0 Å². The molecule has 0 aromatic heterocycles. The molecule has 0 bridgehead atoms. The van der Waals surface area contributed by atoms with Gasteiger partial charge in [-0.05, 0) is 36.8 Å². The highest BCUT2D eigenvalue weighted by molar-refractivity contribution is 7.56. The van der Waals surface area contributed by atoms with E-state index < -0.39 is 24.1 Å². The average Bonchev–Trinajstić information content (AvgIpc) is 2.84. The third-order valence-electron chi connectivity index (χ3n) is 6.75. The summed E-state index contributed by atoms with van der Waals surface area (Å²) in [4.78, 5) is 12.9. The lowest BCUT2D eigenvalue weighted by atomic mass is 9.62. The number of hydrogen-bond donors (Lipinski definition) is 0. The van der Waals surface area contributed by atoms with E-state index in [1.165, 1.54) is 21.3 Å². The molecular formula is C25H35O5P. The number of hydrogen-bond acceptors (Lipinski definition) is 5. The largest absolute Gasteiger partial charge is 0.468 e. The van der Waals surface area contributed by atoms with E-state index in [2.05, 4.69) is 38.1 Å². The molecule has 0 saturated carbocycles. The Morgan fingerprint density at radius 1 is 0.903 bits per heavy atom. The lowest BCUT2D eigenvalue weighted by molar-refractivity contribution is -0.144. The van der Waals surface area contributed by atoms with Crippen molar-refractivity contribution >= 4 is 13.6 Å². The molecule has 0 aliphatic heterocycles. The lowest BCUT2D eigenvalue weighted by Crippen LogP contribution is -2.42. The molecule has 2 atom stereocenters. The lowest BCUT2D eigenvalue weighted by Gasteiger charge is -2.43. The van der Waals surface area contributed by atoms with Crippen LogP contribution >= 0.6 is 7.60 Å². The fraction of sp³-hybridized carbons (Fsp3) is 0.480. The summed E-state index contributed by atoms with van der Waals surface area (Å²) in [6.07, 6.45) is 1.77. The van der Waals surface area contributed by atoms with Crippen LogP contribution in [0.15, 0.2) is 60.7 Å². The molecule has 0 amide bonds. The summed E-state index contributed by atoms with van der Waals surface area (Å²) in [5.41, 5.74) is 1.93. The van der Waals surface area contributed by atoms with Gasteiger partial charge in [0.1, 0.15) is 0 Å². The van der Waals surface area contributed by atoms with Crippen LogP contribution in [-0.2, 0) is 28.6 Å². The first-order valence-electron chi connectivity index (χ1n) is 10.7. The smallest absolute Gasteiger partial charge is 0.347 e. The zero-order valence-electron chi connectivity index (χ0n) is 19.5. The normalized spacial score (nSPS) is 15.2. The van der Waals surface area contributed by atoms with Crippen molar-refractivity contribution in [3.05, 3.63) is 71.8 Å². The van der Waals surface area contributed by atoms with E-state index in [1.807, 2.05) is 36.4 Å². The van der Waals surface area contributed by atoms with E-state index in [1.54, 1.807) is 6.92 Å². The average molecular weight is 447 g/mol. The minimum Gasteiger partial charge on any atom is -0.468 e. The van der Waals surface area contributed by atoms with Crippen molar-refractivity contribution in [1.82, 2.24) is 0 Å². The van der Waals surface area contributed by atoms with Crippen molar-refractivity contribution in [2.45, 2.75) is 50.6 Å². The second kappa shape index (κ2) is 10.6. The van der Waals surface area contributed by atoms with Gasteiger partial charge in [-0.25, -0.2) is 0 Å². The molecule has 5 nitrogen and oxygen atoms in total. The van der Waals surface area contributed by atoms with Gasteiger partial charge in [-0.1, -0.05) is 80.9 Å². The minimum atomic E-state index is -3.76. The number of methoxy groups -OCH3 is 1. The van der Waals surface area contributed by atoms with Crippen molar-refractivity contribution in [2.24, 2.45) is 5.92 Å². The van der Waals surface area contributed by atoms with Crippen LogP contribution in [0.4, 0.5) is 0 Å². The van der Waals surface area contributed by atoms with E-state index >= 15 is 0 Å². The summed E-state index contributed by atoms with van der Waals surface area (Å²) in [5.74, 6) is -0.345. The monoisotopic (exact) mass is 446 g/mol. The van der Waals surface area contributed by atoms with Crippen LogP contribution in [0.1, 0.15) is 51.2 Å². The van der Waals surface area contributed by atoms with E-state index in [-0.39, 0.29) is 12.3 Å². The van der Waals surface area contributed by atoms with Crippen LogP contribution in [0.25, 0.3) is 0 Å². The molecule has 0 radical (unpaired) electrons. The van der Waals surface area contributed by atoms with E-state index in [0.717, 1.165) is 17.5 Å².